The van der Waals surface area contributed by atoms with E-state index in [9.17, 15) is 4.79 Å². The number of aromatic nitrogens is 2. The van der Waals surface area contributed by atoms with Crippen molar-refractivity contribution in [2.45, 2.75) is 46.6 Å². The number of methoxy groups -OCH3 is 1. The van der Waals surface area contributed by atoms with E-state index >= 15 is 0 Å². The van der Waals surface area contributed by atoms with Gasteiger partial charge in [-0.2, -0.15) is 0 Å². The van der Waals surface area contributed by atoms with E-state index < -0.39 is 0 Å². The molecule has 2 aromatic rings. The van der Waals surface area contributed by atoms with Gasteiger partial charge >= 0.3 is 5.97 Å². The summed E-state index contributed by atoms with van der Waals surface area (Å²) >= 11 is 0. The van der Waals surface area contributed by atoms with Crippen LogP contribution >= 0.6 is 0 Å². The molecule has 0 radical (unpaired) electrons. The Bertz CT molecular complexity index is 767. The van der Waals surface area contributed by atoms with Gasteiger partial charge < -0.3 is 14.6 Å². The highest BCUT2D eigenvalue weighted by molar-refractivity contribution is 5.92. The molecular formula is C20H27N3O2. The van der Waals surface area contributed by atoms with E-state index in [0.717, 1.165) is 54.1 Å². The maximum absolute atomic E-state index is 12.0. The van der Waals surface area contributed by atoms with Crippen molar-refractivity contribution < 1.29 is 9.53 Å². The lowest BCUT2D eigenvalue weighted by Gasteiger charge is -2.23. The molecule has 5 nitrogen and oxygen atoms in total. The first-order chi connectivity index (χ1) is 11.9. The number of carbonyl (C=O) groups is 1. The van der Waals surface area contributed by atoms with Gasteiger partial charge in [-0.15, -0.1) is 0 Å². The van der Waals surface area contributed by atoms with Crippen LogP contribution in [0.1, 0.15) is 46.7 Å². The van der Waals surface area contributed by atoms with Crippen LogP contribution in [0.4, 0.5) is 0 Å². The first-order valence-electron chi connectivity index (χ1n) is 8.92. The number of H-pyrrole nitrogens is 1. The summed E-state index contributed by atoms with van der Waals surface area (Å²) in [6.07, 6.45) is 1.94. The molecule has 25 heavy (non-hydrogen) atoms. The monoisotopic (exact) mass is 341 g/mol. The van der Waals surface area contributed by atoms with Gasteiger partial charge in [0.05, 0.1) is 18.4 Å². The van der Waals surface area contributed by atoms with E-state index in [0.29, 0.717) is 11.6 Å². The number of nitrogens with zero attached hydrogens (tertiary/aromatic N) is 2. The first kappa shape index (κ1) is 17.7. The summed E-state index contributed by atoms with van der Waals surface area (Å²) in [5.41, 5.74) is 5.97. The van der Waals surface area contributed by atoms with Crippen LogP contribution in [0.2, 0.25) is 0 Å². The van der Waals surface area contributed by atoms with E-state index in [2.05, 4.69) is 30.7 Å². The Morgan fingerprint density at radius 1 is 1.20 bits per heavy atom. The minimum Gasteiger partial charge on any atom is -0.465 e. The number of aryl methyl sites for hydroxylation is 2. The lowest BCUT2D eigenvalue weighted by atomic mass is 9.99. The van der Waals surface area contributed by atoms with E-state index in [1.165, 1.54) is 12.8 Å². The Morgan fingerprint density at radius 2 is 1.92 bits per heavy atom. The lowest BCUT2D eigenvalue weighted by Crippen LogP contribution is -2.33. The van der Waals surface area contributed by atoms with Crippen LogP contribution in [-0.4, -0.2) is 47.1 Å². The van der Waals surface area contributed by atoms with E-state index in [1.54, 1.807) is 0 Å². The summed E-state index contributed by atoms with van der Waals surface area (Å²) in [7, 11) is 1.41. The van der Waals surface area contributed by atoms with Crippen molar-refractivity contribution in [2.75, 3.05) is 20.2 Å². The molecule has 0 saturated carbocycles. The third-order valence-electron chi connectivity index (χ3n) is 5.11. The first-order valence-corrected chi connectivity index (χ1v) is 8.92. The minimum atomic E-state index is -0.306. The molecule has 0 spiro atoms. The van der Waals surface area contributed by atoms with Crippen LogP contribution in [0.15, 0.2) is 12.1 Å². The number of carbonyl (C=O) groups excluding carboxylic acids is 1. The summed E-state index contributed by atoms with van der Waals surface area (Å²) in [4.78, 5) is 22.9. The van der Waals surface area contributed by atoms with Gasteiger partial charge in [-0.3, -0.25) is 0 Å². The molecule has 2 heterocycles. The lowest BCUT2D eigenvalue weighted by molar-refractivity contribution is 0.0600. The third kappa shape index (κ3) is 3.47. The quantitative estimate of drug-likeness (QED) is 0.871. The van der Waals surface area contributed by atoms with Crippen molar-refractivity contribution in [3.05, 3.63) is 40.2 Å². The van der Waals surface area contributed by atoms with Gasteiger partial charge in [0.25, 0.3) is 0 Å². The zero-order valence-corrected chi connectivity index (χ0v) is 15.8. The summed E-state index contributed by atoms with van der Waals surface area (Å²) in [5, 5.41) is 0. The highest BCUT2D eigenvalue weighted by atomic mass is 16.5. The van der Waals surface area contributed by atoms with Crippen LogP contribution in [0, 0.1) is 13.8 Å². The molecule has 5 heteroatoms. The fraction of sp³-hybridized carbons (Fsp3) is 0.500. The predicted octanol–water partition coefficient (Wildman–Crippen LogP) is 3.29. The smallest absolute Gasteiger partial charge is 0.338 e. The van der Waals surface area contributed by atoms with Crippen molar-refractivity contribution in [2.24, 2.45) is 0 Å². The minimum absolute atomic E-state index is 0.306. The molecule has 0 fully saturated rings. The Kier molecular flexibility index (Phi) is 4.95. The molecule has 1 N–H and O–H groups in total. The molecule has 134 valence electrons. The number of fused-ring (bicyclic) bond motifs is 1. The van der Waals surface area contributed by atoms with Crippen LogP contribution < -0.4 is 0 Å². The Morgan fingerprint density at radius 3 is 2.60 bits per heavy atom. The van der Waals surface area contributed by atoms with Gasteiger partial charge in [-0.05, 0) is 44.9 Å². The molecule has 0 bridgehead atoms. The van der Waals surface area contributed by atoms with E-state index in [4.69, 9.17) is 9.72 Å². The second-order valence-electron chi connectivity index (χ2n) is 7.11. The second kappa shape index (κ2) is 7.00. The number of hydrogen-bond acceptors (Lipinski definition) is 4. The van der Waals surface area contributed by atoms with Crippen molar-refractivity contribution in [3.63, 3.8) is 0 Å². The maximum Gasteiger partial charge on any atom is 0.338 e. The molecule has 1 aromatic heterocycles. The topological polar surface area (TPSA) is 58.2 Å². The zero-order chi connectivity index (χ0) is 18.1. The molecule has 1 aliphatic rings. The number of aromatic amines is 1. The van der Waals surface area contributed by atoms with Crippen LogP contribution in [0.25, 0.3) is 11.4 Å². The van der Waals surface area contributed by atoms with Gasteiger partial charge in [0.2, 0.25) is 0 Å². The van der Waals surface area contributed by atoms with Gasteiger partial charge in [0.1, 0.15) is 5.82 Å². The SMILES string of the molecule is COC(=O)c1cc(-c2nc3c([nH]2)CCN(C(C)C)CC3)c(C)cc1C. The molecule has 0 atom stereocenters. The van der Waals surface area contributed by atoms with Gasteiger partial charge in [-0.25, -0.2) is 9.78 Å². The van der Waals surface area contributed by atoms with Crippen LogP contribution in [0.5, 0.6) is 0 Å². The highest BCUT2D eigenvalue weighted by Gasteiger charge is 2.21. The van der Waals surface area contributed by atoms with Crippen molar-refractivity contribution in [1.82, 2.24) is 14.9 Å². The van der Waals surface area contributed by atoms with Gasteiger partial charge in [0, 0.05) is 43.2 Å². The van der Waals surface area contributed by atoms with Crippen molar-refractivity contribution in [3.8, 4) is 11.4 Å². The van der Waals surface area contributed by atoms with Crippen molar-refractivity contribution in [1.29, 1.82) is 0 Å². The maximum atomic E-state index is 12.0. The molecule has 0 aliphatic carbocycles. The van der Waals surface area contributed by atoms with Gasteiger partial charge in [-0.1, -0.05) is 6.07 Å². The average Bonchev–Trinajstić information content (AvgIpc) is 2.86. The fourth-order valence-corrected chi connectivity index (χ4v) is 3.56. The normalized spacial score (nSPS) is 15.1. The molecule has 3 rings (SSSR count). The van der Waals surface area contributed by atoms with E-state index in [-0.39, 0.29) is 5.97 Å². The highest BCUT2D eigenvalue weighted by Crippen LogP contribution is 2.27. The number of hydrogen-bond donors (Lipinski definition) is 1. The molecule has 0 unspecified atom stereocenters. The summed E-state index contributed by atoms with van der Waals surface area (Å²) < 4.78 is 4.90. The molecule has 1 aliphatic heterocycles. The Balaban J connectivity index is 1.95. The largest absolute Gasteiger partial charge is 0.465 e. The number of nitrogens with one attached hydrogen (secondary N) is 1. The molecule has 0 amide bonds. The standard InChI is InChI=1S/C20H27N3O2/c1-12(2)23-8-6-17-18(7-9-23)22-19(21-17)15-11-16(20(24)25-5)14(4)10-13(15)3/h10-12H,6-9H2,1-5H3,(H,21,22). The summed E-state index contributed by atoms with van der Waals surface area (Å²) in [6, 6.07) is 4.48. The Hall–Kier alpha value is -2.14. The van der Waals surface area contributed by atoms with Crippen molar-refractivity contribution >= 4 is 5.97 Å². The number of esters is 1. The molecule has 0 saturated heterocycles. The number of ether oxygens (including phenoxy) is 1. The Labute approximate surface area is 149 Å². The number of imidazole rings is 1. The predicted molar refractivity (Wildman–Crippen MR) is 99.0 cm³/mol. The van der Waals surface area contributed by atoms with Crippen LogP contribution in [-0.2, 0) is 17.6 Å². The van der Waals surface area contributed by atoms with Crippen LogP contribution in [0.3, 0.4) is 0 Å². The summed E-state index contributed by atoms with van der Waals surface area (Å²) in [5.74, 6) is 0.546. The third-order valence-corrected chi connectivity index (χ3v) is 5.11. The van der Waals surface area contributed by atoms with E-state index in [1.807, 2.05) is 19.1 Å². The molecule has 1 aromatic carbocycles. The number of rotatable bonds is 3. The zero-order valence-electron chi connectivity index (χ0n) is 15.8. The van der Waals surface area contributed by atoms with Gasteiger partial charge in [0.15, 0.2) is 0 Å². The summed E-state index contributed by atoms with van der Waals surface area (Å²) in [6.45, 7) is 10.5. The average molecular weight is 341 g/mol. The molecular weight excluding hydrogens is 314 g/mol. The fourth-order valence-electron chi connectivity index (χ4n) is 3.56. The number of benzene rings is 1. The second-order valence-corrected chi connectivity index (χ2v) is 7.11.